The van der Waals surface area contributed by atoms with Crippen LogP contribution in [0.5, 0.6) is 0 Å². The van der Waals surface area contributed by atoms with Crippen molar-refractivity contribution in [3.8, 4) is 33.1 Å². The average molecular weight is 564 g/mol. The number of benzene rings is 2. The lowest BCUT2D eigenvalue weighted by Gasteiger charge is -2.08. The van der Waals surface area contributed by atoms with Crippen molar-refractivity contribution in [2.75, 3.05) is 5.32 Å². The van der Waals surface area contributed by atoms with Gasteiger partial charge in [-0.1, -0.05) is 30.3 Å². The zero-order valence-corrected chi connectivity index (χ0v) is 22.0. The molecule has 0 bridgehead atoms. The second-order valence-electron chi connectivity index (χ2n) is 9.37. The predicted octanol–water partition coefficient (Wildman–Crippen LogP) is 6.75. The Bertz CT molecular complexity index is 2070. The zero-order valence-electron chi connectivity index (χ0n) is 21.2. The number of imidazole rings is 1. The van der Waals surface area contributed by atoms with E-state index in [1.165, 1.54) is 24.5 Å². The van der Waals surface area contributed by atoms with Gasteiger partial charge in [-0.2, -0.15) is 9.49 Å². The monoisotopic (exact) mass is 563 g/mol. The molecule has 3 N–H and O–H groups in total. The highest BCUT2D eigenvalue weighted by Crippen LogP contribution is 2.35. The Kier molecular flexibility index (Phi) is 6.05. The Morgan fingerprint density at radius 1 is 0.976 bits per heavy atom. The van der Waals surface area contributed by atoms with E-state index in [-0.39, 0.29) is 23.0 Å². The molecule has 0 saturated carbocycles. The number of rotatable bonds is 6. The van der Waals surface area contributed by atoms with Crippen molar-refractivity contribution in [2.24, 2.45) is 0 Å². The van der Waals surface area contributed by atoms with E-state index < -0.39 is 5.82 Å². The molecule has 0 atom stereocenters. The molecule has 11 heteroatoms. The normalized spacial score (nSPS) is 11.4. The van der Waals surface area contributed by atoms with Gasteiger partial charge in [-0.25, -0.2) is 14.4 Å². The Morgan fingerprint density at radius 2 is 1.85 bits per heavy atom. The second kappa shape index (κ2) is 10.0. The molecule has 2 aromatic carbocycles. The lowest BCUT2D eigenvalue weighted by Crippen LogP contribution is -2.14. The van der Waals surface area contributed by atoms with Crippen LogP contribution < -0.4 is 5.32 Å². The Hall–Kier alpha value is -5.29. The highest BCUT2D eigenvalue weighted by atomic mass is 32.1. The van der Waals surface area contributed by atoms with Crippen LogP contribution in [0.25, 0.3) is 55.2 Å². The molecule has 0 unspecified atom stereocenters. The number of nitrogens with zero attached hydrogens (tertiary/aromatic N) is 4. The fraction of sp³-hybridized carbons (Fsp3) is 0.0333. The van der Waals surface area contributed by atoms with E-state index in [0.29, 0.717) is 44.8 Å². The minimum atomic E-state index is -0.476. The van der Waals surface area contributed by atoms with Gasteiger partial charge in [-0.15, -0.1) is 11.3 Å². The van der Waals surface area contributed by atoms with Gasteiger partial charge in [0.05, 0.1) is 29.3 Å². The molecule has 7 rings (SSSR count). The summed E-state index contributed by atoms with van der Waals surface area (Å²) in [6.07, 6.45) is 4.88. The molecule has 0 aliphatic rings. The van der Waals surface area contributed by atoms with Crippen molar-refractivity contribution in [1.82, 2.24) is 30.1 Å². The SMILES string of the molecule is O=C(Cc1ccccc1)Nc1cncc(-c2cc3c(-c4nc5nccc(-c6ccc(F)s6)c5[nH]4)n[nH]c3cc2F)c1. The third kappa shape index (κ3) is 4.72. The third-order valence-corrected chi connectivity index (χ3v) is 7.55. The first kappa shape index (κ1) is 24.7. The minimum absolute atomic E-state index is 0.202. The molecule has 0 aliphatic heterocycles. The summed E-state index contributed by atoms with van der Waals surface area (Å²) in [5.41, 5.74) is 4.94. The summed E-state index contributed by atoms with van der Waals surface area (Å²) in [5, 5.41) is 10.4. The molecule has 7 aromatic rings. The van der Waals surface area contributed by atoms with Gasteiger partial charge in [0.25, 0.3) is 0 Å². The molecule has 0 saturated heterocycles. The Morgan fingerprint density at radius 3 is 2.68 bits per heavy atom. The largest absolute Gasteiger partial charge is 0.335 e. The predicted molar refractivity (Wildman–Crippen MR) is 154 cm³/mol. The molecule has 0 spiro atoms. The van der Waals surface area contributed by atoms with E-state index in [1.807, 2.05) is 30.3 Å². The molecule has 200 valence electrons. The van der Waals surface area contributed by atoms with Gasteiger partial charge in [0.1, 0.15) is 11.5 Å². The van der Waals surface area contributed by atoms with Crippen LogP contribution in [0.3, 0.4) is 0 Å². The zero-order chi connectivity index (χ0) is 27.9. The molecule has 5 heterocycles. The minimum Gasteiger partial charge on any atom is -0.335 e. The maximum Gasteiger partial charge on any atom is 0.228 e. The summed E-state index contributed by atoms with van der Waals surface area (Å²) in [5.74, 6) is -0.247. The maximum absolute atomic E-state index is 15.3. The number of amides is 1. The van der Waals surface area contributed by atoms with Gasteiger partial charge in [0.15, 0.2) is 16.6 Å². The maximum atomic E-state index is 15.3. The van der Waals surface area contributed by atoms with E-state index in [9.17, 15) is 9.18 Å². The van der Waals surface area contributed by atoms with Crippen LogP contribution in [-0.4, -0.2) is 36.0 Å². The van der Waals surface area contributed by atoms with Gasteiger partial charge >= 0.3 is 0 Å². The van der Waals surface area contributed by atoms with Crippen LogP contribution in [0.15, 0.2) is 85.3 Å². The smallest absolute Gasteiger partial charge is 0.228 e. The quantitative estimate of drug-likeness (QED) is 0.207. The summed E-state index contributed by atoms with van der Waals surface area (Å²) in [6.45, 7) is 0. The number of halogens is 2. The highest BCUT2D eigenvalue weighted by Gasteiger charge is 2.19. The number of anilines is 1. The Balaban J connectivity index is 1.24. The van der Waals surface area contributed by atoms with Crippen molar-refractivity contribution >= 4 is 45.0 Å². The number of aromatic nitrogens is 6. The first-order chi connectivity index (χ1) is 20.0. The molecule has 0 aliphatic carbocycles. The van der Waals surface area contributed by atoms with Crippen LogP contribution >= 0.6 is 11.3 Å². The highest BCUT2D eigenvalue weighted by molar-refractivity contribution is 7.14. The van der Waals surface area contributed by atoms with Crippen LogP contribution in [0, 0.1) is 10.9 Å². The lowest BCUT2D eigenvalue weighted by molar-refractivity contribution is -0.115. The van der Waals surface area contributed by atoms with Crippen molar-refractivity contribution < 1.29 is 13.6 Å². The first-order valence-corrected chi connectivity index (χ1v) is 13.4. The van der Waals surface area contributed by atoms with E-state index >= 15 is 4.39 Å². The van der Waals surface area contributed by atoms with Crippen molar-refractivity contribution in [3.05, 3.63) is 102 Å². The van der Waals surface area contributed by atoms with Crippen LogP contribution in [0.4, 0.5) is 14.5 Å². The van der Waals surface area contributed by atoms with Gasteiger partial charge in [-0.3, -0.25) is 14.9 Å². The number of aromatic amines is 2. The van der Waals surface area contributed by atoms with E-state index in [1.54, 1.807) is 30.5 Å². The topological polar surface area (TPSA) is 112 Å². The van der Waals surface area contributed by atoms with Crippen LogP contribution in [0.1, 0.15) is 5.56 Å². The standard InChI is InChI=1S/C30H19F2N7OS/c31-22-13-23-21(12-20(22)17-11-18(15-33-14-17)35-26(40)10-16-4-2-1-3-5-16)28(39-38-23)30-36-27-19(8-9-34-29(27)37-30)24-6-7-25(32)41-24/h1-9,11-15H,10H2,(H,35,40)(H,38,39)(H,34,36,37). The van der Waals surface area contributed by atoms with Gasteiger partial charge < -0.3 is 10.3 Å². The fourth-order valence-corrected chi connectivity index (χ4v) is 5.53. The number of hydrogen-bond acceptors (Lipinski definition) is 6. The summed E-state index contributed by atoms with van der Waals surface area (Å²) in [4.78, 5) is 29.8. The first-order valence-electron chi connectivity index (χ1n) is 12.6. The van der Waals surface area contributed by atoms with Gasteiger partial charge in [0.2, 0.25) is 5.91 Å². The summed E-state index contributed by atoms with van der Waals surface area (Å²) in [6, 6.07) is 19.0. The molecule has 41 heavy (non-hydrogen) atoms. The number of pyridine rings is 2. The van der Waals surface area contributed by atoms with Crippen molar-refractivity contribution in [2.45, 2.75) is 6.42 Å². The molecule has 0 radical (unpaired) electrons. The van der Waals surface area contributed by atoms with E-state index in [2.05, 4.69) is 35.5 Å². The number of carbonyl (C=O) groups is 1. The van der Waals surface area contributed by atoms with Crippen LogP contribution in [0.2, 0.25) is 0 Å². The number of H-pyrrole nitrogens is 2. The van der Waals surface area contributed by atoms with Crippen LogP contribution in [-0.2, 0) is 11.2 Å². The van der Waals surface area contributed by atoms with Crippen molar-refractivity contribution in [3.63, 3.8) is 0 Å². The number of carbonyl (C=O) groups excluding carboxylic acids is 1. The number of thiophene rings is 1. The number of hydrogen-bond donors (Lipinski definition) is 3. The third-order valence-electron chi connectivity index (χ3n) is 6.65. The molecule has 1 amide bonds. The van der Waals surface area contributed by atoms with Gasteiger partial charge in [0, 0.05) is 45.4 Å². The summed E-state index contributed by atoms with van der Waals surface area (Å²) < 4.78 is 29.0. The van der Waals surface area contributed by atoms with E-state index in [0.717, 1.165) is 27.3 Å². The van der Waals surface area contributed by atoms with E-state index in [4.69, 9.17) is 0 Å². The number of nitrogens with one attached hydrogen (secondary N) is 3. The van der Waals surface area contributed by atoms with Gasteiger partial charge in [-0.05, 0) is 35.9 Å². The Labute approximate surface area is 235 Å². The summed E-state index contributed by atoms with van der Waals surface area (Å²) >= 11 is 1.03. The molecular weight excluding hydrogens is 544 g/mol. The molecule has 5 aromatic heterocycles. The lowest BCUT2D eigenvalue weighted by atomic mass is 10.0. The number of fused-ring (bicyclic) bond motifs is 2. The second-order valence-corrected chi connectivity index (χ2v) is 10.4. The van der Waals surface area contributed by atoms with Crippen molar-refractivity contribution in [1.29, 1.82) is 0 Å². The molecule has 0 fully saturated rings. The fourth-order valence-electron chi connectivity index (χ4n) is 4.77. The average Bonchev–Trinajstić information content (AvgIpc) is 3.70. The summed E-state index contributed by atoms with van der Waals surface area (Å²) in [7, 11) is 0. The molecular formula is C30H19F2N7OS. The molecule has 8 nitrogen and oxygen atoms in total.